The number of carbonyl (C=O) groups excluding carboxylic acids is 1. The first-order valence-corrected chi connectivity index (χ1v) is 7.21. The number of piperidine rings is 1. The highest BCUT2D eigenvalue weighted by molar-refractivity contribution is 5.82. The Morgan fingerprint density at radius 3 is 2.55 bits per heavy atom. The molecular weight excluding hydrogens is 262 g/mol. The Morgan fingerprint density at radius 2 is 2.05 bits per heavy atom. The third kappa shape index (κ3) is 4.97. The predicted molar refractivity (Wildman–Crippen MR) is 74.5 cm³/mol. The lowest BCUT2D eigenvalue weighted by atomic mass is 10.0. The topological polar surface area (TPSA) is 102 Å². The molecule has 2 amide bonds. The molecule has 7 heteroatoms. The first kappa shape index (κ1) is 16.7. The van der Waals surface area contributed by atoms with E-state index >= 15 is 0 Å². The predicted octanol–water partition coefficient (Wildman–Crippen LogP) is -0.00440. The van der Waals surface area contributed by atoms with Gasteiger partial charge < -0.3 is 25.7 Å². The lowest BCUT2D eigenvalue weighted by Crippen LogP contribution is -2.53. The third-order valence-electron chi connectivity index (χ3n) is 3.49. The largest absolute Gasteiger partial charge is 0.480 e. The van der Waals surface area contributed by atoms with Crippen molar-refractivity contribution in [2.24, 2.45) is 0 Å². The molecule has 1 heterocycles. The first-order valence-electron chi connectivity index (χ1n) is 7.21. The highest BCUT2D eigenvalue weighted by Gasteiger charge is 2.27. The summed E-state index contributed by atoms with van der Waals surface area (Å²) in [5, 5.41) is 23.6. The van der Waals surface area contributed by atoms with Crippen molar-refractivity contribution in [2.75, 3.05) is 26.2 Å². The highest BCUT2D eigenvalue weighted by atomic mass is 16.4. The normalized spacial score (nSPS) is 17.5. The molecule has 20 heavy (non-hydrogen) atoms. The van der Waals surface area contributed by atoms with E-state index in [-0.39, 0.29) is 25.1 Å². The Morgan fingerprint density at radius 1 is 1.40 bits per heavy atom. The quantitative estimate of drug-likeness (QED) is 0.528. The fourth-order valence-electron chi connectivity index (χ4n) is 2.43. The summed E-state index contributed by atoms with van der Waals surface area (Å²) in [6, 6.07) is -1.23. The van der Waals surface area contributed by atoms with Crippen molar-refractivity contribution in [3.05, 3.63) is 0 Å². The van der Waals surface area contributed by atoms with Crippen LogP contribution in [0.1, 0.15) is 32.6 Å². The van der Waals surface area contributed by atoms with Crippen LogP contribution in [0.4, 0.5) is 4.79 Å². The number of amides is 2. The number of nitrogens with zero attached hydrogens (tertiary/aromatic N) is 1. The van der Waals surface area contributed by atoms with Crippen LogP contribution in [0, 0.1) is 0 Å². The molecule has 0 aromatic carbocycles. The van der Waals surface area contributed by atoms with Crippen LogP contribution in [0.3, 0.4) is 0 Å². The van der Waals surface area contributed by atoms with Gasteiger partial charge in [0.05, 0.1) is 0 Å². The van der Waals surface area contributed by atoms with Crippen LogP contribution in [-0.4, -0.2) is 65.4 Å². The second-order valence-electron chi connectivity index (χ2n) is 5.03. The number of carbonyl (C=O) groups is 2. The molecule has 0 aliphatic carbocycles. The van der Waals surface area contributed by atoms with Gasteiger partial charge in [0, 0.05) is 25.6 Å². The van der Waals surface area contributed by atoms with Crippen LogP contribution in [0.5, 0.6) is 0 Å². The van der Waals surface area contributed by atoms with E-state index in [2.05, 4.69) is 10.6 Å². The summed E-state index contributed by atoms with van der Waals surface area (Å²) in [5.74, 6) is -1.12. The van der Waals surface area contributed by atoms with Gasteiger partial charge in [0.2, 0.25) is 0 Å². The second-order valence-corrected chi connectivity index (χ2v) is 5.03. The molecule has 1 saturated heterocycles. The number of aliphatic hydroxyl groups is 1. The van der Waals surface area contributed by atoms with E-state index in [0.29, 0.717) is 6.54 Å². The highest BCUT2D eigenvalue weighted by Crippen LogP contribution is 2.13. The van der Waals surface area contributed by atoms with Crippen LogP contribution < -0.4 is 10.6 Å². The molecule has 0 aromatic heterocycles. The molecule has 1 aliphatic heterocycles. The molecule has 0 bridgehead atoms. The third-order valence-corrected chi connectivity index (χ3v) is 3.49. The van der Waals surface area contributed by atoms with E-state index in [1.165, 1.54) is 0 Å². The number of carboxylic acids is 1. The van der Waals surface area contributed by atoms with Crippen molar-refractivity contribution in [2.45, 2.75) is 44.7 Å². The number of hydrogen-bond acceptors (Lipinski definition) is 4. The van der Waals surface area contributed by atoms with Crippen molar-refractivity contribution in [1.29, 1.82) is 0 Å². The Kier molecular flexibility index (Phi) is 7.32. The molecule has 0 saturated carbocycles. The van der Waals surface area contributed by atoms with Crippen molar-refractivity contribution in [1.82, 2.24) is 15.5 Å². The zero-order chi connectivity index (χ0) is 15.0. The lowest BCUT2D eigenvalue weighted by Gasteiger charge is -2.35. The maximum absolute atomic E-state index is 12.3. The van der Waals surface area contributed by atoms with Gasteiger partial charge in [-0.2, -0.15) is 0 Å². The van der Waals surface area contributed by atoms with Gasteiger partial charge in [-0.1, -0.05) is 6.92 Å². The van der Waals surface area contributed by atoms with Gasteiger partial charge >= 0.3 is 12.0 Å². The molecule has 0 spiro atoms. The fraction of sp³-hybridized carbons (Fsp3) is 0.846. The maximum Gasteiger partial charge on any atom is 0.326 e. The van der Waals surface area contributed by atoms with E-state index in [4.69, 9.17) is 10.2 Å². The van der Waals surface area contributed by atoms with Crippen molar-refractivity contribution < 1.29 is 19.8 Å². The van der Waals surface area contributed by atoms with E-state index in [0.717, 1.165) is 32.4 Å². The number of aliphatic carboxylic acids is 1. The Labute approximate surface area is 119 Å². The van der Waals surface area contributed by atoms with Crippen LogP contribution in [0.2, 0.25) is 0 Å². The van der Waals surface area contributed by atoms with Gasteiger partial charge in [0.15, 0.2) is 0 Å². The zero-order valence-electron chi connectivity index (χ0n) is 12.0. The number of rotatable bonds is 7. The average molecular weight is 287 g/mol. The van der Waals surface area contributed by atoms with Crippen LogP contribution in [0.15, 0.2) is 0 Å². The van der Waals surface area contributed by atoms with E-state index in [1.807, 2.05) is 6.92 Å². The molecule has 0 radical (unpaired) electrons. The van der Waals surface area contributed by atoms with Gasteiger partial charge in [-0.15, -0.1) is 0 Å². The summed E-state index contributed by atoms with van der Waals surface area (Å²) in [5.41, 5.74) is 0. The van der Waals surface area contributed by atoms with Crippen LogP contribution in [0.25, 0.3) is 0 Å². The maximum atomic E-state index is 12.3. The minimum absolute atomic E-state index is 0.0211. The SMILES string of the molecule is CCCN(C(=O)NC(CCO)C(=O)O)C1CCNCC1. The number of hydrogen-bond donors (Lipinski definition) is 4. The molecule has 1 atom stereocenters. The molecular formula is C13H25N3O4. The summed E-state index contributed by atoms with van der Waals surface area (Å²) in [6.07, 6.45) is 2.61. The fourth-order valence-corrected chi connectivity index (χ4v) is 2.43. The van der Waals surface area contributed by atoms with Gasteiger partial charge in [-0.25, -0.2) is 9.59 Å². The minimum Gasteiger partial charge on any atom is -0.480 e. The summed E-state index contributed by atoms with van der Waals surface area (Å²) in [7, 11) is 0. The van der Waals surface area contributed by atoms with E-state index < -0.39 is 12.0 Å². The minimum atomic E-state index is -1.12. The molecule has 0 aromatic rings. The van der Waals surface area contributed by atoms with E-state index in [9.17, 15) is 9.59 Å². The number of aliphatic hydroxyl groups excluding tert-OH is 1. The molecule has 1 fully saturated rings. The van der Waals surface area contributed by atoms with Gasteiger partial charge in [-0.3, -0.25) is 0 Å². The van der Waals surface area contributed by atoms with E-state index in [1.54, 1.807) is 4.90 Å². The van der Waals surface area contributed by atoms with Crippen molar-refractivity contribution >= 4 is 12.0 Å². The van der Waals surface area contributed by atoms with Gasteiger partial charge in [0.1, 0.15) is 6.04 Å². The molecule has 4 N–H and O–H groups in total. The number of nitrogens with one attached hydrogen (secondary N) is 2. The molecule has 1 aliphatic rings. The number of urea groups is 1. The molecule has 116 valence electrons. The van der Waals surface area contributed by atoms with Crippen LogP contribution in [-0.2, 0) is 4.79 Å². The lowest BCUT2D eigenvalue weighted by molar-refractivity contribution is -0.139. The Bertz CT molecular complexity index is 319. The summed E-state index contributed by atoms with van der Waals surface area (Å²) >= 11 is 0. The monoisotopic (exact) mass is 287 g/mol. The van der Waals surface area contributed by atoms with Gasteiger partial charge in [-0.05, 0) is 32.4 Å². The van der Waals surface area contributed by atoms with Crippen LogP contribution >= 0.6 is 0 Å². The summed E-state index contributed by atoms with van der Waals surface area (Å²) in [4.78, 5) is 25.0. The van der Waals surface area contributed by atoms with Gasteiger partial charge in [0.25, 0.3) is 0 Å². The Balaban J connectivity index is 2.64. The molecule has 1 unspecified atom stereocenters. The standard InChI is InChI=1S/C13H25N3O4/c1-2-8-16(10-3-6-14-7-4-10)13(20)15-11(5-9-17)12(18)19/h10-11,14,17H,2-9H2,1H3,(H,15,20)(H,18,19). The Hall–Kier alpha value is -1.34. The average Bonchev–Trinajstić information content (AvgIpc) is 2.45. The second kappa shape index (κ2) is 8.76. The zero-order valence-corrected chi connectivity index (χ0v) is 12.0. The molecule has 1 rings (SSSR count). The van der Waals surface area contributed by atoms with Crippen molar-refractivity contribution in [3.63, 3.8) is 0 Å². The first-order chi connectivity index (χ1) is 9.60. The summed E-state index contributed by atoms with van der Waals surface area (Å²) in [6.45, 7) is 4.08. The summed E-state index contributed by atoms with van der Waals surface area (Å²) < 4.78 is 0. The molecule has 7 nitrogen and oxygen atoms in total. The van der Waals surface area contributed by atoms with Crippen molar-refractivity contribution in [3.8, 4) is 0 Å². The smallest absolute Gasteiger partial charge is 0.326 e. The number of carboxylic acid groups (broad SMARTS) is 1.